The van der Waals surface area contributed by atoms with Crippen molar-refractivity contribution in [3.8, 4) is 0 Å². The molecule has 1 aromatic rings. The van der Waals surface area contributed by atoms with Crippen molar-refractivity contribution in [2.45, 2.75) is 12.6 Å². The maximum atomic E-state index is 12.8. The maximum absolute atomic E-state index is 12.8. The number of benzene rings is 1. The van der Waals surface area contributed by atoms with Gasteiger partial charge in [0.05, 0.1) is 12.0 Å². The van der Waals surface area contributed by atoms with E-state index >= 15 is 0 Å². The quantitative estimate of drug-likeness (QED) is 0.761. The van der Waals surface area contributed by atoms with Gasteiger partial charge in [0.1, 0.15) is 5.82 Å². The highest BCUT2D eigenvalue weighted by atomic mass is 19.4. The average Bonchev–Trinajstić information content (AvgIpc) is 1.99. The molecule has 0 saturated carbocycles. The molecule has 2 nitrogen and oxygen atoms in total. The summed E-state index contributed by atoms with van der Waals surface area (Å²) in [6, 6.07) is 1.92. The van der Waals surface area contributed by atoms with Crippen LogP contribution < -0.4 is 5.73 Å². The second-order valence-electron chi connectivity index (χ2n) is 2.99. The monoisotopic (exact) mass is 221 g/mol. The van der Waals surface area contributed by atoms with Gasteiger partial charge in [0, 0.05) is 0 Å². The summed E-state index contributed by atoms with van der Waals surface area (Å²) in [5, 5.41) is 0. The van der Waals surface area contributed by atoms with Crippen molar-refractivity contribution in [2.24, 2.45) is 5.73 Å². The molecular formula is C9H7F4NO. The molecule has 0 aliphatic rings. The number of halogens is 4. The molecule has 0 saturated heterocycles. The fourth-order valence-corrected chi connectivity index (χ4v) is 1.12. The summed E-state index contributed by atoms with van der Waals surface area (Å²) in [5.74, 6) is -1.85. The van der Waals surface area contributed by atoms with Crippen molar-refractivity contribution in [1.29, 1.82) is 0 Å². The lowest BCUT2D eigenvalue weighted by molar-refractivity contribution is -0.137. The zero-order chi connectivity index (χ0) is 11.6. The molecule has 1 amide bonds. The van der Waals surface area contributed by atoms with Crippen LogP contribution in [0.3, 0.4) is 0 Å². The molecule has 0 spiro atoms. The van der Waals surface area contributed by atoms with Crippen LogP contribution in [-0.4, -0.2) is 5.91 Å². The molecule has 1 rings (SSSR count). The standard InChI is InChI=1S/C9H7F4NO/c10-7-2-5(3-8(14)15)1-6(4-7)9(11,12)13/h1-2,4H,3H2,(H2,14,15). The zero-order valence-corrected chi connectivity index (χ0v) is 7.44. The molecule has 82 valence electrons. The highest BCUT2D eigenvalue weighted by molar-refractivity contribution is 5.76. The second-order valence-corrected chi connectivity index (χ2v) is 2.99. The number of carbonyl (C=O) groups is 1. The van der Waals surface area contributed by atoms with Crippen LogP contribution in [0, 0.1) is 5.82 Å². The number of rotatable bonds is 2. The van der Waals surface area contributed by atoms with Crippen LogP contribution in [-0.2, 0) is 17.4 Å². The average molecular weight is 221 g/mol. The number of amides is 1. The number of primary amides is 1. The number of carbonyl (C=O) groups excluding carboxylic acids is 1. The third-order valence-electron chi connectivity index (χ3n) is 1.66. The first kappa shape index (κ1) is 11.5. The van der Waals surface area contributed by atoms with Crippen LogP contribution in [0.5, 0.6) is 0 Å². The summed E-state index contributed by atoms with van der Waals surface area (Å²) < 4.78 is 49.4. The van der Waals surface area contributed by atoms with Crippen molar-refractivity contribution in [3.63, 3.8) is 0 Å². The summed E-state index contributed by atoms with van der Waals surface area (Å²) in [6.07, 6.45) is -5.05. The first-order valence-electron chi connectivity index (χ1n) is 3.94. The van der Waals surface area contributed by atoms with Crippen LogP contribution in [0.4, 0.5) is 17.6 Å². The number of hydrogen-bond acceptors (Lipinski definition) is 1. The lowest BCUT2D eigenvalue weighted by Gasteiger charge is -2.08. The zero-order valence-electron chi connectivity index (χ0n) is 7.44. The largest absolute Gasteiger partial charge is 0.416 e. The van der Waals surface area contributed by atoms with Crippen molar-refractivity contribution in [3.05, 3.63) is 35.1 Å². The lowest BCUT2D eigenvalue weighted by atomic mass is 10.1. The minimum absolute atomic E-state index is 0.0881. The van der Waals surface area contributed by atoms with Gasteiger partial charge in [0.2, 0.25) is 5.91 Å². The predicted octanol–water partition coefficient (Wildman–Crippen LogP) is 1.87. The molecule has 0 fully saturated rings. The Bertz CT molecular complexity index is 386. The first-order valence-corrected chi connectivity index (χ1v) is 3.94. The Hall–Kier alpha value is -1.59. The van der Waals surface area contributed by atoms with Crippen LogP contribution in [0.1, 0.15) is 11.1 Å². The van der Waals surface area contributed by atoms with E-state index in [9.17, 15) is 22.4 Å². The van der Waals surface area contributed by atoms with Gasteiger partial charge in [-0.3, -0.25) is 4.79 Å². The molecule has 0 aromatic heterocycles. The van der Waals surface area contributed by atoms with E-state index in [1.54, 1.807) is 0 Å². The second kappa shape index (κ2) is 3.88. The topological polar surface area (TPSA) is 43.1 Å². The van der Waals surface area contributed by atoms with Gasteiger partial charge in [-0.2, -0.15) is 13.2 Å². The van der Waals surface area contributed by atoms with E-state index in [0.717, 1.165) is 6.07 Å². The fraction of sp³-hybridized carbons (Fsp3) is 0.222. The molecule has 1 aromatic carbocycles. The smallest absolute Gasteiger partial charge is 0.369 e. The van der Waals surface area contributed by atoms with Gasteiger partial charge in [-0.1, -0.05) is 0 Å². The highest BCUT2D eigenvalue weighted by Crippen LogP contribution is 2.30. The van der Waals surface area contributed by atoms with Crippen LogP contribution in [0.25, 0.3) is 0 Å². The highest BCUT2D eigenvalue weighted by Gasteiger charge is 2.31. The van der Waals surface area contributed by atoms with Gasteiger partial charge in [0.15, 0.2) is 0 Å². The van der Waals surface area contributed by atoms with Crippen LogP contribution >= 0.6 is 0 Å². The SMILES string of the molecule is NC(=O)Cc1cc(F)cc(C(F)(F)F)c1. The van der Waals surface area contributed by atoms with Crippen molar-refractivity contribution >= 4 is 5.91 Å². The molecular weight excluding hydrogens is 214 g/mol. The maximum Gasteiger partial charge on any atom is 0.416 e. The molecule has 15 heavy (non-hydrogen) atoms. The normalized spacial score (nSPS) is 11.5. The van der Waals surface area contributed by atoms with E-state index in [2.05, 4.69) is 0 Å². The van der Waals surface area contributed by atoms with Crippen molar-refractivity contribution in [1.82, 2.24) is 0 Å². The van der Waals surface area contributed by atoms with E-state index in [1.165, 1.54) is 0 Å². The van der Waals surface area contributed by atoms with Gasteiger partial charge in [-0.25, -0.2) is 4.39 Å². The molecule has 0 heterocycles. The van der Waals surface area contributed by atoms with Crippen molar-refractivity contribution < 1.29 is 22.4 Å². The summed E-state index contributed by atoms with van der Waals surface area (Å²) in [5.41, 5.74) is 3.58. The Kier molecular flexibility index (Phi) is 2.97. The third kappa shape index (κ3) is 3.23. The van der Waals surface area contributed by atoms with Gasteiger partial charge >= 0.3 is 6.18 Å². The Morgan fingerprint density at radius 3 is 2.33 bits per heavy atom. The Morgan fingerprint density at radius 1 is 1.27 bits per heavy atom. The first-order chi connectivity index (χ1) is 6.79. The molecule has 6 heteroatoms. The van der Waals surface area contributed by atoms with Gasteiger partial charge in [0.25, 0.3) is 0 Å². The molecule has 0 bridgehead atoms. The van der Waals surface area contributed by atoms with E-state index < -0.39 is 29.9 Å². The summed E-state index contributed by atoms with van der Waals surface area (Å²) in [7, 11) is 0. The van der Waals surface area contributed by atoms with Crippen molar-refractivity contribution in [2.75, 3.05) is 0 Å². The Labute approximate surface area is 82.7 Å². The predicted molar refractivity (Wildman–Crippen MR) is 44.3 cm³/mol. The summed E-state index contributed by atoms with van der Waals surface area (Å²) in [6.45, 7) is 0. The Balaban J connectivity index is 3.11. The van der Waals surface area contributed by atoms with E-state index in [4.69, 9.17) is 5.73 Å². The number of hydrogen-bond donors (Lipinski definition) is 1. The minimum Gasteiger partial charge on any atom is -0.369 e. The number of alkyl halides is 3. The fourth-order valence-electron chi connectivity index (χ4n) is 1.12. The molecule has 2 N–H and O–H groups in total. The molecule has 0 radical (unpaired) electrons. The van der Waals surface area contributed by atoms with Crippen LogP contribution in [0.2, 0.25) is 0 Å². The van der Waals surface area contributed by atoms with E-state index in [0.29, 0.717) is 12.1 Å². The molecule has 0 aliphatic heterocycles. The van der Waals surface area contributed by atoms with E-state index in [1.807, 2.05) is 0 Å². The van der Waals surface area contributed by atoms with Gasteiger partial charge in [-0.05, 0) is 23.8 Å². The lowest BCUT2D eigenvalue weighted by Crippen LogP contribution is -2.15. The number of nitrogens with two attached hydrogens (primary N) is 1. The minimum atomic E-state index is -4.63. The van der Waals surface area contributed by atoms with E-state index in [-0.39, 0.29) is 5.56 Å². The molecule has 0 atom stereocenters. The Morgan fingerprint density at radius 2 is 1.87 bits per heavy atom. The van der Waals surface area contributed by atoms with Crippen LogP contribution in [0.15, 0.2) is 18.2 Å². The van der Waals surface area contributed by atoms with Gasteiger partial charge < -0.3 is 5.73 Å². The molecule has 0 aliphatic carbocycles. The van der Waals surface area contributed by atoms with Gasteiger partial charge in [-0.15, -0.1) is 0 Å². The summed E-state index contributed by atoms with van der Waals surface area (Å²) >= 11 is 0. The summed E-state index contributed by atoms with van der Waals surface area (Å²) in [4.78, 5) is 10.5. The third-order valence-corrected chi connectivity index (χ3v) is 1.66. The molecule has 0 unspecified atom stereocenters.